The van der Waals surface area contributed by atoms with Gasteiger partial charge in [0, 0.05) is 0 Å². The van der Waals surface area contributed by atoms with E-state index in [9.17, 15) is 23.9 Å². The number of alkyl halides is 2. The van der Waals surface area contributed by atoms with Crippen LogP contribution in [-0.4, -0.2) is 34.3 Å². The van der Waals surface area contributed by atoms with Gasteiger partial charge in [-0.3, -0.25) is 0 Å². The van der Waals surface area contributed by atoms with E-state index in [2.05, 4.69) is 14.8 Å². The van der Waals surface area contributed by atoms with E-state index in [1.807, 2.05) is 6.07 Å². The number of rotatable bonds is 7. The normalized spacial score (nSPS) is 13.9. The van der Waals surface area contributed by atoms with Crippen molar-refractivity contribution in [1.29, 1.82) is 5.26 Å². The Balaban J connectivity index is 2.10. The van der Waals surface area contributed by atoms with Gasteiger partial charge in [-0.05, 0) is 0 Å². The van der Waals surface area contributed by atoms with Crippen molar-refractivity contribution in [2.24, 2.45) is 3.21 Å². The maximum atomic E-state index is 14.9. The van der Waals surface area contributed by atoms with Crippen molar-refractivity contribution in [1.82, 2.24) is 9.55 Å². The molecule has 8 nitrogen and oxygen atoms in total. The third-order valence-corrected chi connectivity index (χ3v) is 6.73. The second-order valence-electron chi connectivity index (χ2n) is 7.30. The van der Waals surface area contributed by atoms with Crippen LogP contribution in [0.1, 0.15) is 18.2 Å². The maximum absolute atomic E-state index is 14.9. The summed E-state index contributed by atoms with van der Waals surface area (Å²) in [6.07, 6.45) is 2.61. The zero-order chi connectivity index (χ0) is 25.8. The molecule has 1 aliphatic rings. The third-order valence-electron chi connectivity index (χ3n) is 4.72. The second-order valence-corrected chi connectivity index (χ2v) is 9.40. The molecule has 1 aromatic heterocycles. The summed E-state index contributed by atoms with van der Waals surface area (Å²) in [5.41, 5.74) is -1.18. The van der Waals surface area contributed by atoms with Gasteiger partial charge in [0.15, 0.2) is 0 Å². The van der Waals surface area contributed by atoms with Gasteiger partial charge in [-0.25, -0.2) is 0 Å². The van der Waals surface area contributed by atoms with Crippen molar-refractivity contribution in [2.45, 2.75) is 19.4 Å². The molecule has 0 saturated heterocycles. The van der Waals surface area contributed by atoms with E-state index in [1.54, 1.807) is 10.2 Å². The van der Waals surface area contributed by atoms with E-state index in [4.69, 9.17) is 21.1 Å². The summed E-state index contributed by atoms with van der Waals surface area (Å²) in [5.74, 6) is -4.17. The quantitative estimate of drug-likeness (QED) is 0.369. The molecular weight excluding hydrogens is 597 g/mol. The van der Waals surface area contributed by atoms with Gasteiger partial charge in [-0.2, -0.15) is 0 Å². The predicted octanol–water partition coefficient (Wildman–Crippen LogP) is 1.09. The minimum absolute atomic E-state index is 0.0458. The molecular formula is C23H19ClF2IN4O4-. The summed E-state index contributed by atoms with van der Waals surface area (Å²) < 4.78 is 47.8. The molecule has 0 spiro atoms. The fraction of sp³-hybridized carbons (Fsp3) is 0.217. The number of halogens is 4. The van der Waals surface area contributed by atoms with E-state index < -0.39 is 50.0 Å². The zero-order valence-electron chi connectivity index (χ0n) is 18.6. The molecule has 0 fully saturated rings. The number of nitriles is 1. The van der Waals surface area contributed by atoms with Gasteiger partial charge in [-0.1, -0.05) is 0 Å². The number of aromatic nitrogens is 2. The number of aliphatic hydroxyl groups is 1. The number of hydrogen-bond donors (Lipinski definition) is 1. The number of benzene rings is 1. The molecule has 35 heavy (non-hydrogen) atoms. The number of aliphatic hydroxyl groups excluding tert-OH is 1. The van der Waals surface area contributed by atoms with E-state index in [1.165, 1.54) is 25.3 Å². The van der Waals surface area contributed by atoms with E-state index in [0.717, 1.165) is 17.8 Å². The number of allylic oxidation sites excluding steroid dienone is 3. The summed E-state index contributed by atoms with van der Waals surface area (Å²) in [6.45, 7) is 4.03. The molecule has 2 aromatic rings. The summed E-state index contributed by atoms with van der Waals surface area (Å²) in [5, 5.41) is 18.9. The van der Waals surface area contributed by atoms with Crippen molar-refractivity contribution in [3.05, 3.63) is 84.6 Å². The standard InChI is InChI=1S/C23H19ClF2IN4O4/c1-13(2)23(25,26)20-19(35-18-6-14(9-28)5-17(24)7-18)22(33)31(12-29-20)10-15-4-16(11-32)21(34-3)30-27-8-15/h4-8,12,32H,1,10-11H2,2-3H3/q-1. The molecule has 0 aliphatic carbocycles. The van der Waals surface area contributed by atoms with Crippen LogP contribution in [0.2, 0.25) is 5.02 Å². The Bertz CT molecular complexity index is 1360. The van der Waals surface area contributed by atoms with E-state index in [0.29, 0.717) is 17.0 Å². The second kappa shape index (κ2) is 11.1. The van der Waals surface area contributed by atoms with Gasteiger partial charge >= 0.3 is 216 Å². The van der Waals surface area contributed by atoms with Crippen LogP contribution < -0.4 is 31.8 Å². The Morgan fingerprint density at radius 1 is 1.40 bits per heavy atom. The molecule has 0 radical (unpaired) electrons. The zero-order valence-corrected chi connectivity index (χ0v) is 21.5. The van der Waals surface area contributed by atoms with Gasteiger partial charge in [0.25, 0.3) is 0 Å². The van der Waals surface area contributed by atoms with Gasteiger partial charge < -0.3 is 0 Å². The van der Waals surface area contributed by atoms with Gasteiger partial charge in [0.1, 0.15) is 0 Å². The molecule has 184 valence electrons. The molecule has 1 aliphatic heterocycles. The first kappa shape index (κ1) is 26.5. The summed E-state index contributed by atoms with van der Waals surface area (Å²) in [6, 6.07) is 5.81. The molecule has 1 aromatic carbocycles. The summed E-state index contributed by atoms with van der Waals surface area (Å²) >= 11 is 5.16. The molecule has 0 atom stereocenters. The van der Waals surface area contributed by atoms with Gasteiger partial charge in [0.05, 0.1) is 0 Å². The molecule has 0 unspecified atom stereocenters. The Kier molecular flexibility index (Phi) is 8.42. The average Bonchev–Trinajstić information content (AvgIpc) is 3.02. The number of methoxy groups -OCH3 is 1. The van der Waals surface area contributed by atoms with Crippen LogP contribution in [0.25, 0.3) is 0 Å². The van der Waals surface area contributed by atoms with Crippen LogP contribution >= 0.6 is 11.6 Å². The molecule has 3 rings (SSSR count). The first-order valence-corrected chi connectivity index (χ1v) is 12.5. The first-order chi connectivity index (χ1) is 16.6. The van der Waals surface area contributed by atoms with Crippen molar-refractivity contribution in [3.8, 4) is 17.6 Å². The van der Waals surface area contributed by atoms with Crippen LogP contribution in [0.15, 0.2) is 66.0 Å². The Morgan fingerprint density at radius 3 is 2.77 bits per heavy atom. The molecule has 12 heteroatoms. The topological polar surface area (TPSA) is 110 Å². The minimum atomic E-state index is -3.66. The van der Waals surface area contributed by atoms with Gasteiger partial charge in [-0.15, -0.1) is 0 Å². The van der Waals surface area contributed by atoms with E-state index >= 15 is 0 Å². The molecule has 2 heterocycles. The fourth-order valence-electron chi connectivity index (χ4n) is 2.96. The SMILES string of the molecule is C=C(C)C(F)(F)c1ncn(CC2=C[I-]N=C(OC)C(CO)=C2)c(=O)c1Oc1cc(Cl)cc(C#N)c1. The van der Waals surface area contributed by atoms with Crippen molar-refractivity contribution in [2.75, 3.05) is 13.7 Å². The Labute approximate surface area is 215 Å². The summed E-state index contributed by atoms with van der Waals surface area (Å²) in [7, 11) is 1.43. The van der Waals surface area contributed by atoms with Crippen molar-refractivity contribution >= 4 is 17.5 Å². The molecule has 0 saturated carbocycles. The first-order valence-electron chi connectivity index (χ1n) is 9.88. The predicted molar refractivity (Wildman–Crippen MR) is 121 cm³/mol. The summed E-state index contributed by atoms with van der Waals surface area (Å²) in [4.78, 5) is 17.2. The van der Waals surface area contributed by atoms with Crippen LogP contribution in [-0.2, 0) is 17.2 Å². The number of hydrogen-bond acceptors (Lipinski definition) is 7. The molecule has 1 N–H and O–H groups in total. The van der Waals surface area contributed by atoms with Crippen LogP contribution in [0.3, 0.4) is 0 Å². The number of nitrogens with zero attached hydrogens (tertiary/aromatic N) is 4. The Morgan fingerprint density at radius 2 is 2.14 bits per heavy atom. The van der Waals surface area contributed by atoms with Crippen LogP contribution in [0.5, 0.6) is 11.5 Å². The molecule has 0 bridgehead atoms. The molecule has 0 amide bonds. The van der Waals surface area contributed by atoms with Crippen LogP contribution in [0, 0.1) is 11.3 Å². The van der Waals surface area contributed by atoms with Crippen molar-refractivity contribution < 1.29 is 44.8 Å². The van der Waals surface area contributed by atoms with Crippen molar-refractivity contribution in [3.63, 3.8) is 0 Å². The third kappa shape index (κ3) is 5.95. The van der Waals surface area contributed by atoms with Crippen LogP contribution in [0.4, 0.5) is 8.78 Å². The van der Waals surface area contributed by atoms with E-state index in [-0.39, 0.29) is 29.5 Å². The fourth-order valence-corrected chi connectivity index (χ4v) is 4.82. The Hall–Kier alpha value is -3.08. The monoisotopic (exact) mass is 615 g/mol. The van der Waals surface area contributed by atoms with Gasteiger partial charge in [0.2, 0.25) is 0 Å². The number of ether oxygens (including phenoxy) is 2. The average molecular weight is 616 g/mol.